The number of nitrogens with zero attached hydrogens (tertiary/aromatic N) is 1. The highest BCUT2D eigenvalue weighted by Gasteiger charge is 2.26. The van der Waals surface area contributed by atoms with Gasteiger partial charge in [0.2, 0.25) is 11.8 Å². The van der Waals surface area contributed by atoms with E-state index in [-0.39, 0.29) is 37.0 Å². The Hall–Kier alpha value is -2.29. The fourth-order valence-corrected chi connectivity index (χ4v) is 3.92. The minimum absolute atomic E-state index is 0.0875. The molecule has 0 unspecified atom stereocenters. The van der Waals surface area contributed by atoms with Crippen LogP contribution in [0.15, 0.2) is 41.8 Å². The van der Waals surface area contributed by atoms with Crippen molar-refractivity contribution < 1.29 is 18.7 Å². The van der Waals surface area contributed by atoms with Gasteiger partial charge in [0.25, 0.3) is 0 Å². The zero-order chi connectivity index (χ0) is 19.2. The van der Waals surface area contributed by atoms with Crippen molar-refractivity contribution in [2.75, 3.05) is 26.2 Å². The molecule has 0 aliphatic carbocycles. The van der Waals surface area contributed by atoms with E-state index in [0.717, 1.165) is 23.4 Å². The Morgan fingerprint density at radius 3 is 2.78 bits per heavy atom. The molecule has 1 fully saturated rings. The molecule has 2 atom stereocenters. The van der Waals surface area contributed by atoms with Gasteiger partial charge in [-0.3, -0.25) is 14.5 Å². The average Bonchev–Trinajstić information content (AvgIpc) is 3.31. The Balaban J connectivity index is 1.59. The first-order valence-corrected chi connectivity index (χ1v) is 9.59. The maximum Gasteiger partial charge on any atom is 0.243 e. The molecular formula is C19H22FN3O3S. The fraction of sp³-hybridized carbons (Fsp3) is 0.368. The van der Waals surface area contributed by atoms with Gasteiger partial charge in [-0.2, -0.15) is 0 Å². The molecule has 3 rings (SSSR count). The van der Waals surface area contributed by atoms with Crippen LogP contribution in [0.4, 0.5) is 4.39 Å². The third-order valence-corrected chi connectivity index (χ3v) is 5.33. The molecular weight excluding hydrogens is 369 g/mol. The molecule has 0 spiro atoms. The van der Waals surface area contributed by atoms with Crippen LogP contribution in [-0.2, 0) is 14.3 Å². The zero-order valence-electron chi connectivity index (χ0n) is 14.8. The normalized spacial score (nSPS) is 18.3. The number of likely N-dealkylation sites (tertiary alicyclic amines) is 1. The lowest BCUT2D eigenvalue weighted by Crippen LogP contribution is -2.38. The van der Waals surface area contributed by atoms with Crippen LogP contribution in [0.2, 0.25) is 0 Å². The highest BCUT2D eigenvalue weighted by molar-refractivity contribution is 7.10. The Labute approximate surface area is 161 Å². The van der Waals surface area contributed by atoms with Crippen molar-refractivity contribution in [2.24, 2.45) is 5.73 Å². The summed E-state index contributed by atoms with van der Waals surface area (Å²) in [4.78, 5) is 26.4. The number of thiophene rings is 1. The first-order chi connectivity index (χ1) is 13.0. The fourth-order valence-electron chi connectivity index (χ4n) is 3.12. The number of nitrogens with two attached hydrogens (primary N) is 1. The summed E-state index contributed by atoms with van der Waals surface area (Å²) in [6.07, 6.45) is 0.669. The highest BCUT2D eigenvalue weighted by atomic mass is 32.1. The van der Waals surface area contributed by atoms with Crippen LogP contribution in [0.5, 0.6) is 0 Å². The summed E-state index contributed by atoms with van der Waals surface area (Å²) >= 11 is 1.54. The van der Waals surface area contributed by atoms with E-state index in [1.54, 1.807) is 12.1 Å². The van der Waals surface area contributed by atoms with E-state index in [4.69, 9.17) is 10.5 Å². The second-order valence-corrected chi connectivity index (χ2v) is 7.47. The number of ether oxygens (including phenoxy) is 1. The number of nitrogens with one attached hydrogen (secondary N) is 1. The molecule has 6 nitrogen and oxygen atoms in total. The lowest BCUT2D eigenvalue weighted by Gasteiger charge is -2.21. The van der Waals surface area contributed by atoms with Crippen molar-refractivity contribution >= 4 is 23.2 Å². The molecule has 8 heteroatoms. The quantitative estimate of drug-likeness (QED) is 0.717. The molecule has 0 radical (unpaired) electrons. The Morgan fingerprint density at radius 1 is 1.33 bits per heavy atom. The third kappa shape index (κ3) is 5.59. The van der Waals surface area contributed by atoms with Crippen LogP contribution in [0.25, 0.3) is 0 Å². The van der Waals surface area contributed by atoms with Crippen molar-refractivity contribution in [1.82, 2.24) is 10.2 Å². The lowest BCUT2D eigenvalue weighted by atomic mass is 10.1. The van der Waals surface area contributed by atoms with E-state index < -0.39 is 5.91 Å². The van der Waals surface area contributed by atoms with E-state index in [1.807, 2.05) is 22.4 Å². The Bertz CT molecular complexity index is 767. The van der Waals surface area contributed by atoms with Crippen molar-refractivity contribution in [2.45, 2.75) is 18.6 Å². The summed E-state index contributed by atoms with van der Waals surface area (Å²) in [5.74, 6) is -0.924. The van der Waals surface area contributed by atoms with Crippen LogP contribution < -0.4 is 11.1 Å². The smallest absolute Gasteiger partial charge is 0.243 e. The van der Waals surface area contributed by atoms with Crippen LogP contribution in [0.3, 0.4) is 0 Å². The second-order valence-electron chi connectivity index (χ2n) is 6.49. The maximum atomic E-state index is 13.2. The molecule has 1 aliphatic heterocycles. The molecule has 0 bridgehead atoms. The van der Waals surface area contributed by atoms with Gasteiger partial charge in [-0.05, 0) is 35.6 Å². The van der Waals surface area contributed by atoms with E-state index >= 15 is 0 Å². The summed E-state index contributed by atoms with van der Waals surface area (Å²) in [7, 11) is 0. The maximum absolute atomic E-state index is 13.2. The predicted molar refractivity (Wildman–Crippen MR) is 101 cm³/mol. The van der Waals surface area contributed by atoms with Crippen molar-refractivity contribution in [3.63, 3.8) is 0 Å². The van der Waals surface area contributed by atoms with Gasteiger partial charge in [-0.15, -0.1) is 11.3 Å². The van der Waals surface area contributed by atoms with Gasteiger partial charge in [0, 0.05) is 18.0 Å². The van der Waals surface area contributed by atoms with Gasteiger partial charge in [0.1, 0.15) is 12.4 Å². The zero-order valence-corrected chi connectivity index (χ0v) is 15.6. The summed E-state index contributed by atoms with van der Waals surface area (Å²) in [6.45, 7) is 1.44. The summed E-state index contributed by atoms with van der Waals surface area (Å²) in [5.41, 5.74) is 5.92. The van der Waals surface area contributed by atoms with Gasteiger partial charge >= 0.3 is 0 Å². The van der Waals surface area contributed by atoms with Gasteiger partial charge in [-0.25, -0.2) is 4.39 Å². The number of hydrogen-bond acceptors (Lipinski definition) is 5. The Kier molecular flexibility index (Phi) is 6.54. The molecule has 1 aromatic heterocycles. The van der Waals surface area contributed by atoms with Gasteiger partial charge < -0.3 is 15.8 Å². The average molecular weight is 391 g/mol. The van der Waals surface area contributed by atoms with Crippen molar-refractivity contribution in [1.29, 1.82) is 0 Å². The molecule has 3 N–H and O–H groups in total. The molecule has 27 heavy (non-hydrogen) atoms. The summed E-state index contributed by atoms with van der Waals surface area (Å²) in [5, 5.41) is 4.98. The molecule has 2 heterocycles. The molecule has 1 saturated heterocycles. The van der Waals surface area contributed by atoms with Crippen molar-refractivity contribution in [3.05, 3.63) is 58.0 Å². The van der Waals surface area contributed by atoms with Crippen molar-refractivity contribution in [3.8, 4) is 0 Å². The number of hydrogen-bond donors (Lipinski definition) is 2. The first-order valence-electron chi connectivity index (χ1n) is 8.72. The third-order valence-electron chi connectivity index (χ3n) is 4.39. The standard InChI is InChI=1S/C19H22FN3O3S/c20-14-5-3-13(4-6-14)19(16-2-1-9-27-16)22-18(25)11-23-8-7-15(10-23)26-12-17(21)24/h1-6,9,15,19H,7-8,10-12H2,(H2,21,24)(H,22,25)/t15-,19-/m0/s1. The SMILES string of the molecule is NC(=O)CO[C@H]1CCN(CC(=O)N[C@@H](c2ccc(F)cc2)c2cccs2)C1. The van der Waals surface area contributed by atoms with E-state index in [2.05, 4.69) is 5.32 Å². The summed E-state index contributed by atoms with van der Waals surface area (Å²) in [6, 6.07) is 9.70. The molecule has 0 saturated carbocycles. The second kappa shape index (κ2) is 9.07. The largest absolute Gasteiger partial charge is 0.368 e. The number of rotatable bonds is 8. The van der Waals surface area contributed by atoms with E-state index in [1.165, 1.54) is 23.5 Å². The number of halogens is 1. The van der Waals surface area contributed by atoms with Gasteiger partial charge in [0.05, 0.1) is 18.7 Å². The highest BCUT2D eigenvalue weighted by Crippen LogP contribution is 2.26. The number of primary amides is 1. The number of carbonyl (C=O) groups is 2. The van der Waals surface area contributed by atoms with Gasteiger partial charge in [-0.1, -0.05) is 18.2 Å². The minimum atomic E-state index is -0.496. The predicted octanol–water partition coefficient (Wildman–Crippen LogP) is 1.67. The first kappa shape index (κ1) is 19.5. The molecule has 2 amide bonds. The van der Waals surface area contributed by atoms with E-state index in [9.17, 15) is 14.0 Å². The van der Waals surface area contributed by atoms with Gasteiger partial charge in [0.15, 0.2) is 0 Å². The number of carbonyl (C=O) groups excluding carboxylic acids is 2. The minimum Gasteiger partial charge on any atom is -0.368 e. The topological polar surface area (TPSA) is 84.7 Å². The molecule has 1 aliphatic rings. The molecule has 2 aromatic rings. The Morgan fingerprint density at radius 2 is 2.11 bits per heavy atom. The van der Waals surface area contributed by atoms with E-state index in [0.29, 0.717) is 6.54 Å². The lowest BCUT2D eigenvalue weighted by molar-refractivity contribution is -0.125. The number of benzene rings is 1. The van der Waals surface area contributed by atoms with Crippen LogP contribution in [0.1, 0.15) is 22.9 Å². The van der Waals surface area contributed by atoms with Crippen LogP contribution in [0, 0.1) is 5.82 Å². The monoisotopic (exact) mass is 391 g/mol. The molecule has 1 aromatic carbocycles. The van der Waals surface area contributed by atoms with Crippen LogP contribution in [-0.4, -0.2) is 49.1 Å². The summed E-state index contributed by atoms with van der Waals surface area (Å²) < 4.78 is 18.7. The molecule has 144 valence electrons. The van der Waals surface area contributed by atoms with Crippen LogP contribution >= 0.6 is 11.3 Å². The number of amides is 2.